The van der Waals surface area contributed by atoms with Gasteiger partial charge in [0.25, 0.3) is 0 Å². The summed E-state index contributed by atoms with van der Waals surface area (Å²) in [6.07, 6.45) is 13.9. The van der Waals surface area contributed by atoms with Crippen LogP contribution in [0.4, 0.5) is 0 Å². The molecule has 10 heteroatoms. The molecule has 2 saturated carbocycles. The summed E-state index contributed by atoms with van der Waals surface area (Å²) in [7, 11) is 0. The Labute approximate surface area is 329 Å². The molecule has 2 heterocycles. The standard InChI is InChI=1S/C46H28N4O4S2/c47-19-23-11-29-30(12-24(23)20-48)40(52)33(39(29)51)15-27-17-35-43(55-27)38-37(45(35)7-3-1-4-8-45)44-36(46(38)9-5-2-6-10-46)18-28(56-44)16-34-41(53)31-13-25(21-49)26(22-50)14-32(31)42(34)54/h11-18H,1-10H2. The molecule has 0 aliphatic heterocycles. The zero-order chi connectivity index (χ0) is 38.7. The molecule has 10 rings (SSSR count). The number of carbonyl (C=O) groups excluding carboxylic acids is 4. The van der Waals surface area contributed by atoms with Gasteiger partial charge in [-0.15, -0.1) is 22.7 Å². The zero-order valence-electron chi connectivity index (χ0n) is 29.9. The van der Waals surface area contributed by atoms with E-state index in [0.29, 0.717) is 0 Å². The van der Waals surface area contributed by atoms with Crippen molar-refractivity contribution in [1.82, 2.24) is 0 Å². The van der Waals surface area contributed by atoms with E-state index in [2.05, 4.69) is 12.1 Å². The lowest BCUT2D eigenvalue weighted by Crippen LogP contribution is -2.28. The smallest absolute Gasteiger partial charge is 0.197 e. The zero-order valence-corrected chi connectivity index (χ0v) is 31.6. The third-order valence-electron chi connectivity index (χ3n) is 12.9. The van der Waals surface area contributed by atoms with Gasteiger partial charge in [-0.25, -0.2) is 0 Å². The summed E-state index contributed by atoms with van der Waals surface area (Å²) in [5, 5.41) is 38.2. The Morgan fingerprint density at radius 2 is 0.768 bits per heavy atom. The molecule has 2 spiro atoms. The maximum absolute atomic E-state index is 13.6. The van der Waals surface area contributed by atoms with Crippen LogP contribution in [0.2, 0.25) is 0 Å². The fourth-order valence-electron chi connectivity index (χ4n) is 10.5. The lowest BCUT2D eigenvalue weighted by Gasteiger charge is -2.37. The van der Waals surface area contributed by atoms with E-state index in [-0.39, 0.29) is 66.5 Å². The van der Waals surface area contributed by atoms with Gasteiger partial charge in [0, 0.05) is 52.6 Å². The van der Waals surface area contributed by atoms with Crippen LogP contribution < -0.4 is 0 Å². The second-order valence-corrected chi connectivity index (χ2v) is 17.8. The molecule has 6 aliphatic rings. The first-order chi connectivity index (χ1) is 27.2. The molecule has 6 aliphatic carbocycles. The van der Waals surface area contributed by atoms with Crippen molar-refractivity contribution >= 4 is 69.1 Å². The van der Waals surface area contributed by atoms with Crippen molar-refractivity contribution in [2.45, 2.75) is 75.0 Å². The van der Waals surface area contributed by atoms with Crippen molar-refractivity contribution in [3.63, 3.8) is 0 Å². The van der Waals surface area contributed by atoms with Gasteiger partial charge in [0.15, 0.2) is 23.1 Å². The molecule has 0 unspecified atom stereocenters. The van der Waals surface area contributed by atoms with Crippen LogP contribution >= 0.6 is 22.7 Å². The van der Waals surface area contributed by atoms with Gasteiger partial charge in [-0.3, -0.25) is 19.2 Å². The number of Topliss-reactive ketones (excluding diaryl/α,β-unsaturated/α-hetero) is 4. The molecule has 0 amide bonds. The number of hydrogen-bond donors (Lipinski definition) is 0. The quantitative estimate of drug-likeness (QED) is 0.144. The van der Waals surface area contributed by atoms with E-state index in [1.165, 1.54) is 56.3 Å². The number of thiophene rings is 2. The van der Waals surface area contributed by atoms with E-state index >= 15 is 0 Å². The molecule has 2 aromatic carbocycles. The minimum atomic E-state index is -0.432. The van der Waals surface area contributed by atoms with Crippen LogP contribution in [0.3, 0.4) is 0 Å². The Hall–Kier alpha value is -6.30. The molecule has 0 atom stereocenters. The number of rotatable bonds is 2. The van der Waals surface area contributed by atoms with Gasteiger partial charge in [-0.1, -0.05) is 38.5 Å². The summed E-state index contributed by atoms with van der Waals surface area (Å²) in [6.45, 7) is 0. The third-order valence-corrected chi connectivity index (χ3v) is 15.1. The highest BCUT2D eigenvalue weighted by molar-refractivity contribution is 7.16. The highest BCUT2D eigenvalue weighted by Gasteiger charge is 2.58. The highest BCUT2D eigenvalue weighted by atomic mass is 32.1. The second kappa shape index (κ2) is 12.1. The summed E-state index contributed by atoms with van der Waals surface area (Å²) in [6, 6.07) is 17.7. The minimum absolute atomic E-state index is 0.0484. The van der Waals surface area contributed by atoms with E-state index in [1.54, 1.807) is 34.8 Å². The number of allylic oxidation sites excluding steroid dienone is 4. The molecule has 8 nitrogen and oxygen atoms in total. The van der Waals surface area contributed by atoms with Crippen LogP contribution in [0.1, 0.15) is 159 Å². The van der Waals surface area contributed by atoms with Gasteiger partial charge in [-0.05, 0) is 96.5 Å². The molecule has 268 valence electrons. The number of benzene rings is 2. The normalized spacial score (nSPS) is 19.3. The van der Waals surface area contributed by atoms with Crippen molar-refractivity contribution in [3.05, 3.63) is 123 Å². The summed E-state index contributed by atoms with van der Waals surface area (Å²) < 4.78 is 0. The lowest BCUT2D eigenvalue weighted by molar-refractivity contribution is 0.0975. The molecule has 2 fully saturated rings. The van der Waals surface area contributed by atoms with Crippen LogP contribution in [-0.2, 0) is 10.8 Å². The van der Waals surface area contributed by atoms with Crippen LogP contribution in [-0.4, -0.2) is 23.1 Å². The maximum atomic E-state index is 13.6. The van der Waals surface area contributed by atoms with E-state index < -0.39 is 23.1 Å². The number of nitriles is 4. The molecule has 2 aromatic heterocycles. The molecule has 0 saturated heterocycles. The van der Waals surface area contributed by atoms with Crippen LogP contribution in [0.5, 0.6) is 0 Å². The maximum Gasteiger partial charge on any atom is 0.197 e. The molecule has 0 N–H and O–H groups in total. The van der Waals surface area contributed by atoms with Gasteiger partial charge in [0.05, 0.1) is 33.4 Å². The van der Waals surface area contributed by atoms with Gasteiger partial charge < -0.3 is 0 Å². The topological polar surface area (TPSA) is 163 Å². The van der Waals surface area contributed by atoms with Gasteiger partial charge in [0.1, 0.15) is 24.3 Å². The average Bonchev–Trinajstić information content (AvgIpc) is 4.04. The Morgan fingerprint density at radius 1 is 0.464 bits per heavy atom. The first kappa shape index (κ1) is 34.2. The SMILES string of the molecule is N#Cc1cc2c(cc1C#N)C(=O)C(=Cc1cc3c(s1)C1=C(c4sc(C=C5C(=O)c6cc(C#N)c(C#N)cc6C5=O)cc4C14CCCCC4)C31CCCCC1)C2=O. The van der Waals surface area contributed by atoms with E-state index in [1.807, 2.05) is 24.3 Å². The van der Waals surface area contributed by atoms with Crippen molar-refractivity contribution in [1.29, 1.82) is 21.0 Å². The number of carbonyl (C=O) groups is 4. The Balaban J connectivity index is 1.10. The molecule has 0 radical (unpaired) electrons. The molecule has 0 bridgehead atoms. The number of hydrogen-bond acceptors (Lipinski definition) is 10. The molecular weight excluding hydrogens is 737 g/mol. The summed E-state index contributed by atoms with van der Waals surface area (Å²) >= 11 is 3.27. The third kappa shape index (κ3) is 4.40. The van der Waals surface area contributed by atoms with Crippen molar-refractivity contribution in [2.24, 2.45) is 0 Å². The second-order valence-electron chi connectivity index (χ2n) is 15.6. The van der Waals surface area contributed by atoms with Crippen molar-refractivity contribution in [2.75, 3.05) is 0 Å². The Bertz CT molecular complexity index is 2590. The minimum Gasteiger partial charge on any atom is -0.288 e. The van der Waals surface area contributed by atoms with Crippen LogP contribution in [0.15, 0.2) is 47.5 Å². The number of fused-ring (bicyclic) bond motifs is 10. The number of ketones is 4. The van der Waals surface area contributed by atoms with Crippen LogP contribution in [0.25, 0.3) is 23.3 Å². The van der Waals surface area contributed by atoms with E-state index in [4.69, 9.17) is 0 Å². The largest absolute Gasteiger partial charge is 0.288 e. The summed E-state index contributed by atoms with van der Waals surface area (Å²) in [5.74, 6) is -1.73. The van der Waals surface area contributed by atoms with E-state index in [0.717, 1.165) is 74.0 Å². The monoisotopic (exact) mass is 764 g/mol. The average molecular weight is 765 g/mol. The lowest BCUT2D eigenvalue weighted by atomic mass is 9.67. The fourth-order valence-corrected chi connectivity index (χ4v) is 13.2. The first-order valence-corrected chi connectivity index (χ1v) is 20.4. The molecule has 4 aromatic rings. The predicted octanol–water partition coefficient (Wildman–Crippen LogP) is 9.56. The Kier molecular flexibility index (Phi) is 7.39. The first-order valence-electron chi connectivity index (χ1n) is 18.8. The molecule has 56 heavy (non-hydrogen) atoms. The highest BCUT2D eigenvalue weighted by Crippen LogP contribution is 2.71. The number of nitrogens with zero attached hydrogens (tertiary/aromatic N) is 4. The fraction of sp³-hybridized carbons (Fsp3) is 0.261. The van der Waals surface area contributed by atoms with Crippen molar-refractivity contribution in [3.8, 4) is 24.3 Å². The molecular formula is C46H28N4O4S2. The van der Waals surface area contributed by atoms with Gasteiger partial charge >= 0.3 is 0 Å². The Morgan fingerprint density at radius 3 is 1.05 bits per heavy atom. The van der Waals surface area contributed by atoms with Gasteiger partial charge in [0.2, 0.25) is 0 Å². The van der Waals surface area contributed by atoms with Crippen molar-refractivity contribution < 1.29 is 19.2 Å². The summed E-state index contributed by atoms with van der Waals surface area (Å²) in [5.41, 5.74) is 5.81. The van der Waals surface area contributed by atoms with E-state index in [9.17, 15) is 40.2 Å². The van der Waals surface area contributed by atoms with Gasteiger partial charge in [-0.2, -0.15) is 21.0 Å². The van der Waals surface area contributed by atoms with Crippen LogP contribution in [0, 0.1) is 45.3 Å². The predicted molar refractivity (Wildman–Crippen MR) is 210 cm³/mol. The summed E-state index contributed by atoms with van der Waals surface area (Å²) in [4.78, 5) is 58.7.